The van der Waals surface area contributed by atoms with E-state index in [1.165, 1.54) is 17.8 Å². The molecule has 1 aliphatic rings. The van der Waals surface area contributed by atoms with E-state index in [2.05, 4.69) is 15.0 Å². The second kappa shape index (κ2) is 4.26. The summed E-state index contributed by atoms with van der Waals surface area (Å²) in [5, 5.41) is 20.4. The van der Waals surface area contributed by atoms with Crippen LogP contribution in [0.3, 0.4) is 0 Å². The summed E-state index contributed by atoms with van der Waals surface area (Å²) in [5.74, 6) is 0.144. The van der Waals surface area contributed by atoms with Gasteiger partial charge in [0.05, 0.1) is 12.4 Å². The first kappa shape index (κ1) is 13.5. The molecule has 2 aromatic rings. The van der Waals surface area contributed by atoms with Gasteiger partial charge in [-0.15, -0.1) is 0 Å². The maximum Gasteiger partial charge on any atom is 0.226 e. The molecule has 0 aliphatic carbocycles. The highest BCUT2D eigenvalue weighted by atomic mass is 35.5. The summed E-state index contributed by atoms with van der Waals surface area (Å²) in [6, 6.07) is 0. The molecule has 1 saturated heterocycles. The minimum atomic E-state index is -1.49. The van der Waals surface area contributed by atoms with E-state index in [-0.39, 0.29) is 11.1 Å². The van der Waals surface area contributed by atoms with Gasteiger partial charge in [0.1, 0.15) is 17.2 Å². The van der Waals surface area contributed by atoms with Crippen molar-refractivity contribution in [3.63, 3.8) is 0 Å². The van der Waals surface area contributed by atoms with Gasteiger partial charge in [0, 0.05) is 0 Å². The maximum absolute atomic E-state index is 10.4. The number of imidazole rings is 1. The summed E-state index contributed by atoms with van der Waals surface area (Å²) in [5.41, 5.74) is 4.95. The van der Waals surface area contributed by atoms with Gasteiger partial charge in [0.25, 0.3) is 0 Å². The predicted molar refractivity (Wildman–Crippen MR) is 71.0 cm³/mol. The predicted octanol–water partition coefficient (Wildman–Crippen LogP) is 0.0911. The summed E-state index contributed by atoms with van der Waals surface area (Å²) in [6.45, 7) is 3.17. The Morgan fingerprint density at radius 2 is 2.20 bits per heavy atom. The van der Waals surface area contributed by atoms with E-state index in [0.717, 1.165) is 0 Å². The number of hydrogen-bond donors (Lipinski definition) is 3. The zero-order valence-electron chi connectivity index (χ0n) is 10.9. The molecule has 4 N–H and O–H groups in total. The van der Waals surface area contributed by atoms with Crippen molar-refractivity contribution in [2.45, 2.75) is 37.9 Å². The Labute approximate surface area is 119 Å². The van der Waals surface area contributed by atoms with Gasteiger partial charge in [0.15, 0.2) is 17.7 Å². The summed E-state index contributed by atoms with van der Waals surface area (Å²) in [6.07, 6.45) is -0.972. The number of nitrogens with zero attached hydrogens (tertiary/aromatic N) is 4. The minimum Gasteiger partial charge on any atom is -0.387 e. The SMILES string of the molecule is C[C@H]1O[C@@H](n2cnc3c(N)nc(Cl)nc32)C(C)(O)C1O. The Bertz CT molecular complexity index is 673. The number of fused-ring (bicyclic) bond motifs is 1. The van der Waals surface area contributed by atoms with Crippen LogP contribution in [0.15, 0.2) is 6.33 Å². The molecule has 1 fully saturated rings. The number of rotatable bonds is 1. The van der Waals surface area contributed by atoms with Crippen LogP contribution in [0.2, 0.25) is 5.28 Å². The van der Waals surface area contributed by atoms with Crippen molar-refractivity contribution in [1.29, 1.82) is 0 Å². The molecular formula is C11H14ClN5O3. The molecular weight excluding hydrogens is 286 g/mol. The number of nitrogen functional groups attached to an aromatic ring is 1. The van der Waals surface area contributed by atoms with Crippen LogP contribution in [0.25, 0.3) is 11.2 Å². The molecule has 3 rings (SSSR count). The largest absolute Gasteiger partial charge is 0.387 e. The normalized spacial score (nSPS) is 34.0. The lowest BCUT2D eigenvalue weighted by Crippen LogP contribution is -2.43. The molecule has 0 amide bonds. The molecule has 20 heavy (non-hydrogen) atoms. The lowest BCUT2D eigenvalue weighted by molar-refractivity contribution is -0.0936. The number of ether oxygens (including phenoxy) is 1. The summed E-state index contributed by atoms with van der Waals surface area (Å²) in [4.78, 5) is 12.0. The third-order valence-corrected chi connectivity index (χ3v) is 3.73. The highest BCUT2D eigenvalue weighted by molar-refractivity contribution is 6.28. The van der Waals surface area contributed by atoms with E-state index >= 15 is 0 Å². The monoisotopic (exact) mass is 299 g/mol. The van der Waals surface area contributed by atoms with Gasteiger partial charge in [-0.2, -0.15) is 9.97 Å². The number of aliphatic hydroxyl groups is 2. The fourth-order valence-electron chi connectivity index (χ4n) is 2.47. The highest BCUT2D eigenvalue weighted by Crippen LogP contribution is 2.39. The first-order chi connectivity index (χ1) is 9.32. The molecule has 0 aromatic carbocycles. The molecule has 1 aliphatic heterocycles. The van der Waals surface area contributed by atoms with Crippen LogP contribution in [0.5, 0.6) is 0 Å². The molecule has 0 saturated carbocycles. The second-order valence-corrected chi connectivity index (χ2v) is 5.40. The van der Waals surface area contributed by atoms with Crippen LogP contribution in [-0.4, -0.2) is 47.5 Å². The Morgan fingerprint density at radius 3 is 2.80 bits per heavy atom. The molecule has 3 heterocycles. The van der Waals surface area contributed by atoms with E-state index in [1.807, 2.05) is 0 Å². The summed E-state index contributed by atoms with van der Waals surface area (Å²) in [7, 11) is 0. The Hall–Kier alpha value is -1.48. The van der Waals surface area contributed by atoms with Gasteiger partial charge in [-0.05, 0) is 25.4 Å². The average Bonchev–Trinajstić information content (AvgIpc) is 2.85. The first-order valence-corrected chi connectivity index (χ1v) is 6.41. The van der Waals surface area contributed by atoms with E-state index in [1.54, 1.807) is 6.92 Å². The standard InChI is InChI=1S/C11H14ClN5O3/c1-4-6(18)11(2,19)9(20-4)17-3-14-5-7(13)15-10(12)16-8(5)17/h3-4,6,9,18-19H,1-2H3,(H2,13,15,16)/t4-,6?,9-,11?/m1/s1. The molecule has 4 atom stereocenters. The van der Waals surface area contributed by atoms with Crippen molar-refractivity contribution in [3.05, 3.63) is 11.6 Å². The number of anilines is 1. The Morgan fingerprint density at radius 1 is 1.50 bits per heavy atom. The molecule has 0 radical (unpaired) electrons. The third kappa shape index (κ3) is 1.76. The smallest absolute Gasteiger partial charge is 0.226 e. The van der Waals surface area contributed by atoms with Crippen LogP contribution in [0, 0.1) is 0 Å². The Balaban J connectivity index is 2.16. The fourth-order valence-corrected chi connectivity index (χ4v) is 2.64. The lowest BCUT2D eigenvalue weighted by Gasteiger charge is -2.27. The maximum atomic E-state index is 10.4. The quantitative estimate of drug-likeness (QED) is 0.638. The molecule has 2 unspecified atom stereocenters. The van der Waals surface area contributed by atoms with E-state index in [4.69, 9.17) is 22.1 Å². The van der Waals surface area contributed by atoms with Crippen LogP contribution < -0.4 is 5.73 Å². The lowest BCUT2D eigenvalue weighted by atomic mass is 9.97. The van der Waals surface area contributed by atoms with Crippen molar-refractivity contribution in [3.8, 4) is 0 Å². The van der Waals surface area contributed by atoms with Crippen LogP contribution in [0.1, 0.15) is 20.1 Å². The number of halogens is 1. The van der Waals surface area contributed by atoms with Crippen molar-refractivity contribution < 1.29 is 14.9 Å². The van der Waals surface area contributed by atoms with E-state index in [0.29, 0.717) is 11.2 Å². The van der Waals surface area contributed by atoms with Crippen LogP contribution >= 0.6 is 11.6 Å². The summed E-state index contributed by atoms with van der Waals surface area (Å²) < 4.78 is 7.09. The molecule has 2 aromatic heterocycles. The van der Waals surface area contributed by atoms with Gasteiger partial charge in [0.2, 0.25) is 5.28 Å². The van der Waals surface area contributed by atoms with Crippen molar-refractivity contribution >= 4 is 28.6 Å². The molecule has 9 heteroatoms. The van der Waals surface area contributed by atoms with Crippen LogP contribution in [0.4, 0.5) is 5.82 Å². The molecule has 0 bridgehead atoms. The average molecular weight is 300 g/mol. The highest BCUT2D eigenvalue weighted by Gasteiger charge is 2.51. The minimum absolute atomic E-state index is 0.0250. The zero-order valence-corrected chi connectivity index (χ0v) is 11.6. The van der Waals surface area contributed by atoms with Crippen molar-refractivity contribution in [1.82, 2.24) is 19.5 Å². The Kier molecular flexibility index (Phi) is 2.87. The summed E-state index contributed by atoms with van der Waals surface area (Å²) >= 11 is 5.79. The van der Waals surface area contributed by atoms with Crippen LogP contribution in [-0.2, 0) is 4.74 Å². The van der Waals surface area contributed by atoms with E-state index < -0.39 is 24.0 Å². The third-order valence-electron chi connectivity index (χ3n) is 3.56. The molecule has 8 nitrogen and oxygen atoms in total. The first-order valence-electron chi connectivity index (χ1n) is 6.04. The molecule has 108 valence electrons. The van der Waals surface area contributed by atoms with Gasteiger partial charge >= 0.3 is 0 Å². The second-order valence-electron chi connectivity index (χ2n) is 5.07. The van der Waals surface area contributed by atoms with Gasteiger partial charge in [-0.25, -0.2) is 4.98 Å². The molecule has 0 spiro atoms. The number of nitrogens with two attached hydrogens (primary N) is 1. The number of aromatic nitrogens is 4. The van der Waals surface area contributed by atoms with Gasteiger partial charge in [-0.3, -0.25) is 4.57 Å². The number of aliphatic hydroxyl groups excluding tert-OH is 1. The van der Waals surface area contributed by atoms with Gasteiger partial charge in [-0.1, -0.05) is 0 Å². The van der Waals surface area contributed by atoms with Gasteiger partial charge < -0.3 is 20.7 Å². The van der Waals surface area contributed by atoms with Crippen molar-refractivity contribution in [2.75, 3.05) is 5.73 Å². The zero-order chi connectivity index (χ0) is 14.7. The van der Waals surface area contributed by atoms with Crippen molar-refractivity contribution in [2.24, 2.45) is 0 Å². The van der Waals surface area contributed by atoms with E-state index in [9.17, 15) is 10.2 Å². The fraction of sp³-hybridized carbons (Fsp3) is 0.545. The number of hydrogen-bond acceptors (Lipinski definition) is 7. The topological polar surface area (TPSA) is 119 Å².